The Bertz CT molecular complexity index is 1400. The van der Waals surface area contributed by atoms with E-state index < -0.39 is 12.1 Å². The van der Waals surface area contributed by atoms with Crippen LogP contribution in [-0.4, -0.2) is 34.9 Å². The third kappa shape index (κ3) is 64.0. The molecule has 0 heterocycles. The van der Waals surface area contributed by atoms with Crippen molar-refractivity contribution in [1.82, 2.24) is 5.32 Å². The first kappa shape index (κ1) is 74.3. The maximum Gasteiger partial charge on any atom is 0.220 e. The number of amides is 1. The van der Waals surface area contributed by atoms with E-state index in [4.69, 9.17) is 0 Å². The van der Waals surface area contributed by atoms with Crippen LogP contribution in [0.5, 0.6) is 0 Å². The van der Waals surface area contributed by atoms with Crippen LogP contribution < -0.4 is 5.32 Å². The molecule has 0 aliphatic carbocycles. The average Bonchev–Trinajstić information content (AvgIpc) is 3.43. The SMILES string of the molecule is CC/C=C\C/C=C\C/C=C\C/C=C\C/C=C\C/C=C\C/C=C\C/C=C\CCCCCCCCCCCCC(=O)NC(CO)C(O)CCCCCCCCCCCCCCCCCCCCCCCCCCCCCCCC. The van der Waals surface area contributed by atoms with Crippen LogP contribution >= 0.6 is 0 Å². The smallest absolute Gasteiger partial charge is 0.220 e. The number of aliphatic hydroxyl groups is 2. The van der Waals surface area contributed by atoms with Gasteiger partial charge < -0.3 is 15.5 Å². The summed E-state index contributed by atoms with van der Waals surface area (Å²) in [4.78, 5) is 12.6. The van der Waals surface area contributed by atoms with Crippen molar-refractivity contribution >= 4 is 5.91 Å². The maximum absolute atomic E-state index is 12.6. The fraction of sp³-hybridized carbons (Fsp3) is 0.767. The molecule has 0 radical (unpaired) electrons. The van der Waals surface area contributed by atoms with Crippen LogP contribution in [0, 0.1) is 0 Å². The highest BCUT2D eigenvalue weighted by atomic mass is 16.3. The second-order valence-electron chi connectivity index (χ2n) is 22.9. The van der Waals surface area contributed by atoms with Crippen LogP contribution in [0.3, 0.4) is 0 Å². The molecule has 0 spiro atoms. The molecule has 0 aliphatic heterocycles. The zero-order valence-electron chi connectivity index (χ0n) is 51.5. The Morgan fingerprint density at radius 1 is 0.325 bits per heavy atom. The zero-order chi connectivity index (χ0) is 55.5. The molecule has 4 heteroatoms. The number of allylic oxidation sites excluding steroid dienone is 16. The van der Waals surface area contributed by atoms with Gasteiger partial charge in [-0.3, -0.25) is 4.79 Å². The highest BCUT2D eigenvalue weighted by Gasteiger charge is 2.20. The van der Waals surface area contributed by atoms with Gasteiger partial charge in [0.25, 0.3) is 0 Å². The molecule has 0 fully saturated rings. The van der Waals surface area contributed by atoms with E-state index in [2.05, 4.69) is 116 Å². The number of nitrogens with one attached hydrogen (secondary N) is 1. The topological polar surface area (TPSA) is 69.6 Å². The van der Waals surface area contributed by atoms with Gasteiger partial charge in [-0.25, -0.2) is 0 Å². The Balaban J connectivity index is 3.49. The van der Waals surface area contributed by atoms with Gasteiger partial charge in [0.2, 0.25) is 5.91 Å². The van der Waals surface area contributed by atoms with Gasteiger partial charge in [0.1, 0.15) is 0 Å². The third-order valence-corrected chi connectivity index (χ3v) is 15.4. The van der Waals surface area contributed by atoms with Gasteiger partial charge in [0.15, 0.2) is 0 Å². The molecule has 446 valence electrons. The van der Waals surface area contributed by atoms with Crippen molar-refractivity contribution in [3.05, 3.63) is 97.2 Å². The molecule has 2 unspecified atom stereocenters. The molecule has 3 N–H and O–H groups in total. The summed E-state index contributed by atoms with van der Waals surface area (Å²) in [5.74, 6) is -0.0352. The lowest BCUT2D eigenvalue weighted by Crippen LogP contribution is -2.45. The normalized spacial score (nSPS) is 13.4. The molecule has 0 saturated heterocycles. The predicted octanol–water partition coefficient (Wildman–Crippen LogP) is 23.2. The number of rotatable bonds is 62. The van der Waals surface area contributed by atoms with Crippen molar-refractivity contribution in [2.45, 2.75) is 353 Å². The van der Waals surface area contributed by atoms with Crippen molar-refractivity contribution in [3.63, 3.8) is 0 Å². The van der Waals surface area contributed by atoms with Crippen molar-refractivity contribution in [2.75, 3.05) is 6.61 Å². The van der Waals surface area contributed by atoms with Crippen LogP contribution in [0.4, 0.5) is 0 Å². The number of aliphatic hydroxyl groups excluding tert-OH is 2. The van der Waals surface area contributed by atoms with Crippen LogP contribution in [-0.2, 0) is 4.79 Å². The second kappa shape index (κ2) is 67.6. The molecule has 0 aromatic rings. The van der Waals surface area contributed by atoms with Gasteiger partial charge in [-0.2, -0.15) is 0 Å². The monoisotopic (exact) mass is 1070 g/mol. The lowest BCUT2D eigenvalue weighted by Gasteiger charge is -2.22. The van der Waals surface area contributed by atoms with Crippen molar-refractivity contribution in [3.8, 4) is 0 Å². The Kier molecular flexibility index (Phi) is 65.2. The van der Waals surface area contributed by atoms with Gasteiger partial charge in [-0.05, 0) is 77.0 Å². The summed E-state index contributed by atoms with van der Waals surface area (Å²) < 4.78 is 0. The van der Waals surface area contributed by atoms with Crippen LogP contribution in [0.1, 0.15) is 341 Å². The lowest BCUT2D eigenvalue weighted by molar-refractivity contribution is -0.123. The number of hydrogen-bond acceptors (Lipinski definition) is 3. The fourth-order valence-electron chi connectivity index (χ4n) is 10.3. The summed E-state index contributed by atoms with van der Waals surface area (Å²) in [5, 5.41) is 23.5. The minimum Gasteiger partial charge on any atom is -0.394 e. The predicted molar refractivity (Wildman–Crippen MR) is 345 cm³/mol. The molecule has 2 atom stereocenters. The summed E-state index contributed by atoms with van der Waals surface area (Å²) >= 11 is 0. The summed E-state index contributed by atoms with van der Waals surface area (Å²) in [5.41, 5.74) is 0. The van der Waals surface area contributed by atoms with Crippen LogP contribution in [0.2, 0.25) is 0 Å². The lowest BCUT2D eigenvalue weighted by atomic mass is 10.0. The van der Waals surface area contributed by atoms with E-state index in [1.165, 1.54) is 238 Å². The van der Waals surface area contributed by atoms with E-state index in [1.807, 2.05) is 0 Å². The Morgan fingerprint density at radius 2 is 0.571 bits per heavy atom. The summed E-state index contributed by atoms with van der Waals surface area (Å²) in [6.07, 6.45) is 100. The van der Waals surface area contributed by atoms with Crippen molar-refractivity contribution < 1.29 is 15.0 Å². The van der Waals surface area contributed by atoms with Crippen LogP contribution in [0.15, 0.2) is 97.2 Å². The summed E-state index contributed by atoms with van der Waals surface area (Å²) in [6, 6.07) is -0.547. The van der Waals surface area contributed by atoms with E-state index in [1.54, 1.807) is 0 Å². The maximum atomic E-state index is 12.6. The minimum absolute atomic E-state index is 0.0352. The molecule has 1 amide bonds. The molecule has 0 bridgehead atoms. The molecule has 0 aromatic carbocycles. The number of carbonyl (C=O) groups is 1. The van der Waals surface area contributed by atoms with E-state index in [0.717, 1.165) is 77.0 Å². The van der Waals surface area contributed by atoms with Gasteiger partial charge >= 0.3 is 0 Å². The first-order chi connectivity index (χ1) is 38.2. The number of carbonyl (C=O) groups excluding carboxylic acids is 1. The van der Waals surface area contributed by atoms with Gasteiger partial charge in [-0.15, -0.1) is 0 Å². The molecule has 0 aromatic heterocycles. The highest BCUT2D eigenvalue weighted by Crippen LogP contribution is 2.18. The fourth-order valence-corrected chi connectivity index (χ4v) is 10.3. The molecule has 0 rings (SSSR count). The second-order valence-corrected chi connectivity index (χ2v) is 22.9. The summed E-state index contributed by atoms with van der Waals surface area (Å²) in [7, 11) is 0. The van der Waals surface area contributed by atoms with Crippen LogP contribution in [0.25, 0.3) is 0 Å². The highest BCUT2D eigenvalue weighted by molar-refractivity contribution is 5.76. The number of unbranched alkanes of at least 4 members (excludes halogenated alkanes) is 39. The molecule has 0 saturated carbocycles. The minimum atomic E-state index is -0.669. The third-order valence-electron chi connectivity index (χ3n) is 15.4. The Labute approximate surface area is 481 Å². The first-order valence-corrected chi connectivity index (χ1v) is 33.9. The van der Waals surface area contributed by atoms with E-state index in [-0.39, 0.29) is 12.5 Å². The first-order valence-electron chi connectivity index (χ1n) is 33.9. The molecular weight excluding hydrogens is 939 g/mol. The molecule has 4 nitrogen and oxygen atoms in total. The summed E-state index contributed by atoms with van der Waals surface area (Å²) in [6.45, 7) is 4.27. The van der Waals surface area contributed by atoms with E-state index in [9.17, 15) is 15.0 Å². The standard InChI is InChI=1S/C73H131NO3/c1-3-5-7-9-11-13-15-17-19-21-23-25-27-29-31-33-35-36-37-38-39-41-43-45-47-49-51-53-55-57-59-61-63-65-67-69-73(77)74-71(70-75)72(76)68-66-64-62-60-58-56-54-52-50-48-46-44-42-40-34-32-30-28-26-24-22-20-18-16-14-12-10-8-6-4-2/h5,7,11,13,17,19,23,25,29,31,35-36,38-39,43,45,71-72,75-76H,3-4,6,8-10,12,14-16,18,20-22,24,26-28,30,32-34,37,40-42,44,46-70H2,1-2H3,(H,74,77)/b7-5-,13-11-,19-17-,25-23-,31-29-,36-35-,39-38-,45-43-. The van der Waals surface area contributed by atoms with Gasteiger partial charge in [0, 0.05) is 6.42 Å². The zero-order valence-corrected chi connectivity index (χ0v) is 51.5. The molecular formula is C73H131NO3. The van der Waals surface area contributed by atoms with Crippen molar-refractivity contribution in [2.24, 2.45) is 0 Å². The molecule has 77 heavy (non-hydrogen) atoms. The average molecular weight is 1070 g/mol. The van der Waals surface area contributed by atoms with E-state index >= 15 is 0 Å². The largest absolute Gasteiger partial charge is 0.394 e. The van der Waals surface area contributed by atoms with Gasteiger partial charge in [0.05, 0.1) is 18.8 Å². The quantitative estimate of drug-likeness (QED) is 0.0420. The number of hydrogen-bond donors (Lipinski definition) is 3. The van der Waals surface area contributed by atoms with E-state index in [0.29, 0.717) is 12.8 Å². The Morgan fingerprint density at radius 3 is 0.857 bits per heavy atom. The molecule has 0 aliphatic rings. The van der Waals surface area contributed by atoms with Gasteiger partial charge in [-0.1, -0.05) is 355 Å². The Hall–Kier alpha value is -2.69. The van der Waals surface area contributed by atoms with Crippen molar-refractivity contribution in [1.29, 1.82) is 0 Å².